The van der Waals surface area contributed by atoms with E-state index < -0.39 is 11.9 Å². The average Bonchev–Trinajstić information content (AvgIpc) is 2.59. The number of ether oxygens (including phenoxy) is 1. The van der Waals surface area contributed by atoms with Crippen LogP contribution in [0.4, 0.5) is 5.69 Å². The summed E-state index contributed by atoms with van der Waals surface area (Å²) in [5.74, 6) is -1.07. The highest BCUT2D eigenvalue weighted by Gasteiger charge is 2.16. The number of carbonyl (C=O) groups excluding carboxylic acids is 3. The van der Waals surface area contributed by atoms with Crippen LogP contribution < -0.4 is 10.6 Å². The Hall–Kier alpha value is -2.37. The van der Waals surface area contributed by atoms with Crippen LogP contribution in [0.25, 0.3) is 0 Å². The van der Waals surface area contributed by atoms with Crippen LogP contribution in [0.3, 0.4) is 0 Å². The predicted molar refractivity (Wildman–Crippen MR) is 95.0 cm³/mol. The molecule has 6 nitrogen and oxygen atoms in total. The predicted octanol–water partition coefficient (Wildman–Crippen LogP) is 2.71. The van der Waals surface area contributed by atoms with E-state index in [4.69, 9.17) is 4.74 Å². The van der Waals surface area contributed by atoms with E-state index in [2.05, 4.69) is 10.6 Å². The van der Waals surface area contributed by atoms with Crippen molar-refractivity contribution in [2.75, 3.05) is 11.9 Å². The number of anilines is 1. The van der Waals surface area contributed by atoms with Crippen molar-refractivity contribution in [3.8, 4) is 0 Å². The van der Waals surface area contributed by atoms with E-state index in [0.717, 1.165) is 31.2 Å². The minimum Gasteiger partial charge on any atom is -0.456 e. The third-order valence-corrected chi connectivity index (χ3v) is 4.19. The van der Waals surface area contributed by atoms with Crippen LogP contribution in [0.5, 0.6) is 0 Å². The van der Waals surface area contributed by atoms with Gasteiger partial charge in [0.2, 0.25) is 5.91 Å². The molecule has 0 atom stereocenters. The third-order valence-electron chi connectivity index (χ3n) is 4.19. The molecule has 1 fully saturated rings. The van der Waals surface area contributed by atoms with E-state index in [-0.39, 0.29) is 31.4 Å². The summed E-state index contributed by atoms with van der Waals surface area (Å²) in [5, 5.41) is 5.61. The van der Waals surface area contributed by atoms with Crippen molar-refractivity contribution in [3.63, 3.8) is 0 Å². The van der Waals surface area contributed by atoms with Crippen LogP contribution in [-0.2, 0) is 19.1 Å². The van der Waals surface area contributed by atoms with Crippen molar-refractivity contribution >= 4 is 23.5 Å². The van der Waals surface area contributed by atoms with Gasteiger partial charge in [0.25, 0.3) is 5.91 Å². The highest BCUT2D eigenvalue weighted by atomic mass is 16.5. The minimum absolute atomic E-state index is 0.0176. The molecule has 2 amide bonds. The number of benzene rings is 1. The monoisotopic (exact) mass is 346 g/mol. The zero-order valence-electron chi connectivity index (χ0n) is 14.7. The Morgan fingerprint density at radius 1 is 1.08 bits per heavy atom. The van der Waals surface area contributed by atoms with Crippen LogP contribution in [-0.4, -0.2) is 30.4 Å². The molecule has 1 aromatic carbocycles. The maximum Gasteiger partial charge on any atom is 0.306 e. The summed E-state index contributed by atoms with van der Waals surface area (Å²) in [6.07, 6.45) is 5.60. The molecule has 2 N–H and O–H groups in total. The largest absolute Gasteiger partial charge is 0.456 e. The summed E-state index contributed by atoms with van der Waals surface area (Å²) >= 11 is 0. The van der Waals surface area contributed by atoms with Gasteiger partial charge in [0, 0.05) is 18.2 Å². The number of amides is 2. The molecule has 1 aromatic rings. The quantitative estimate of drug-likeness (QED) is 0.744. The highest BCUT2D eigenvalue weighted by molar-refractivity contribution is 5.93. The van der Waals surface area contributed by atoms with Gasteiger partial charge in [-0.15, -0.1) is 0 Å². The average molecular weight is 346 g/mol. The molecule has 1 aliphatic carbocycles. The minimum atomic E-state index is -0.543. The fourth-order valence-electron chi connectivity index (χ4n) is 2.90. The van der Waals surface area contributed by atoms with Gasteiger partial charge in [-0.25, -0.2) is 0 Å². The van der Waals surface area contributed by atoms with Crippen LogP contribution in [0.15, 0.2) is 24.3 Å². The number of carbonyl (C=O) groups is 3. The number of hydrogen-bond donors (Lipinski definition) is 2. The zero-order valence-corrected chi connectivity index (χ0v) is 14.7. The standard InChI is InChI=1S/C19H26N2O4/c1-14-6-5-9-16(12-14)21-18(23)13-25-19(24)11-10-17(22)20-15-7-3-2-4-8-15/h5-6,9,12,15H,2-4,7-8,10-11,13H2,1H3,(H,20,22)(H,21,23). The molecule has 0 aliphatic heterocycles. The summed E-state index contributed by atoms with van der Waals surface area (Å²) in [5.41, 5.74) is 1.69. The second-order valence-corrected chi connectivity index (χ2v) is 6.48. The van der Waals surface area contributed by atoms with Crippen LogP contribution in [0.2, 0.25) is 0 Å². The van der Waals surface area contributed by atoms with Crippen molar-refractivity contribution in [3.05, 3.63) is 29.8 Å². The fourth-order valence-corrected chi connectivity index (χ4v) is 2.90. The molecule has 0 bridgehead atoms. The van der Waals surface area contributed by atoms with E-state index in [1.165, 1.54) is 6.42 Å². The Balaban J connectivity index is 1.61. The molecule has 0 spiro atoms. The number of aryl methyl sites for hydroxylation is 1. The zero-order chi connectivity index (χ0) is 18.1. The molecule has 25 heavy (non-hydrogen) atoms. The summed E-state index contributed by atoms with van der Waals surface area (Å²) < 4.78 is 4.92. The van der Waals surface area contributed by atoms with Crippen molar-refractivity contribution < 1.29 is 19.1 Å². The summed E-state index contributed by atoms with van der Waals surface area (Å²) in [6, 6.07) is 7.59. The first-order valence-corrected chi connectivity index (χ1v) is 8.84. The Morgan fingerprint density at radius 2 is 1.84 bits per heavy atom. The summed E-state index contributed by atoms with van der Waals surface area (Å²) in [7, 11) is 0. The van der Waals surface area contributed by atoms with Crippen molar-refractivity contribution in [2.45, 2.75) is 57.9 Å². The molecule has 136 valence electrons. The Morgan fingerprint density at radius 3 is 2.56 bits per heavy atom. The normalized spacial score (nSPS) is 14.6. The molecule has 6 heteroatoms. The second-order valence-electron chi connectivity index (χ2n) is 6.48. The van der Waals surface area contributed by atoms with Gasteiger partial charge in [0.1, 0.15) is 0 Å². The topological polar surface area (TPSA) is 84.5 Å². The second kappa shape index (κ2) is 9.81. The van der Waals surface area contributed by atoms with Crippen LogP contribution in [0, 0.1) is 6.92 Å². The Kier molecular flexibility index (Phi) is 7.44. The number of rotatable bonds is 7. The summed E-state index contributed by atoms with van der Waals surface area (Å²) in [4.78, 5) is 35.3. The van der Waals surface area contributed by atoms with Crippen LogP contribution >= 0.6 is 0 Å². The van der Waals surface area contributed by atoms with E-state index in [1.54, 1.807) is 6.07 Å². The van der Waals surface area contributed by atoms with E-state index in [9.17, 15) is 14.4 Å². The van der Waals surface area contributed by atoms with Gasteiger partial charge < -0.3 is 15.4 Å². The molecule has 0 radical (unpaired) electrons. The lowest BCUT2D eigenvalue weighted by atomic mass is 9.95. The van der Waals surface area contributed by atoms with Gasteiger partial charge in [-0.1, -0.05) is 31.4 Å². The molecule has 0 heterocycles. The first-order chi connectivity index (χ1) is 12.0. The maximum atomic E-state index is 11.8. The van der Waals surface area contributed by atoms with Gasteiger partial charge in [0.15, 0.2) is 6.61 Å². The molecule has 2 rings (SSSR count). The lowest BCUT2D eigenvalue weighted by molar-refractivity contribution is -0.148. The fraction of sp³-hybridized carbons (Fsp3) is 0.526. The SMILES string of the molecule is Cc1cccc(NC(=O)COC(=O)CCC(=O)NC2CCCCC2)c1. The first kappa shape index (κ1) is 19.0. The lowest BCUT2D eigenvalue weighted by Crippen LogP contribution is -2.36. The van der Waals surface area contributed by atoms with E-state index in [1.807, 2.05) is 25.1 Å². The summed E-state index contributed by atoms with van der Waals surface area (Å²) in [6.45, 7) is 1.57. The van der Waals surface area contributed by atoms with Crippen molar-refractivity contribution in [2.24, 2.45) is 0 Å². The molecule has 0 saturated heterocycles. The maximum absolute atomic E-state index is 11.8. The molecular formula is C19H26N2O4. The molecule has 1 saturated carbocycles. The van der Waals surface area contributed by atoms with Crippen LogP contribution in [0.1, 0.15) is 50.5 Å². The number of hydrogen-bond acceptors (Lipinski definition) is 4. The molecule has 0 unspecified atom stereocenters. The molecule has 0 aromatic heterocycles. The smallest absolute Gasteiger partial charge is 0.306 e. The first-order valence-electron chi connectivity index (χ1n) is 8.84. The van der Waals surface area contributed by atoms with Gasteiger partial charge in [0.05, 0.1) is 6.42 Å². The van der Waals surface area contributed by atoms with Gasteiger partial charge in [-0.2, -0.15) is 0 Å². The van der Waals surface area contributed by atoms with E-state index >= 15 is 0 Å². The van der Waals surface area contributed by atoms with Gasteiger partial charge in [-0.3, -0.25) is 14.4 Å². The molecule has 1 aliphatic rings. The van der Waals surface area contributed by atoms with Crippen molar-refractivity contribution in [1.29, 1.82) is 0 Å². The Bertz CT molecular complexity index is 609. The van der Waals surface area contributed by atoms with Gasteiger partial charge >= 0.3 is 5.97 Å². The third kappa shape index (κ3) is 7.37. The van der Waals surface area contributed by atoms with Crippen molar-refractivity contribution in [1.82, 2.24) is 5.32 Å². The van der Waals surface area contributed by atoms with Gasteiger partial charge in [-0.05, 0) is 37.5 Å². The lowest BCUT2D eigenvalue weighted by Gasteiger charge is -2.22. The number of esters is 1. The number of nitrogens with one attached hydrogen (secondary N) is 2. The Labute approximate surface area is 148 Å². The van der Waals surface area contributed by atoms with E-state index in [0.29, 0.717) is 5.69 Å². The molecular weight excluding hydrogens is 320 g/mol. The highest BCUT2D eigenvalue weighted by Crippen LogP contribution is 2.17.